The van der Waals surface area contributed by atoms with Crippen molar-refractivity contribution in [2.24, 2.45) is 5.73 Å². The van der Waals surface area contributed by atoms with Crippen LogP contribution in [-0.2, 0) is 14.8 Å². The molecule has 2 rings (SSSR count). The highest BCUT2D eigenvalue weighted by atomic mass is 32.2. The lowest BCUT2D eigenvalue weighted by Gasteiger charge is -2.34. The zero-order valence-corrected chi connectivity index (χ0v) is 13.3. The molecule has 0 aromatic carbocycles. The number of carbonyl (C=O) groups excluding carboxylic acids is 1. The van der Waals surface area contributed by atoms with Crippen molar-refractivity contribution < 1.29 is 17.9 Å². The number of hydrogen-bond acceptors (Lipinski definition) is 5. The van der Waals surface area contributed by atoms with E-state index in [1.165, 1.54) is 10.4 Å². The van der Waals surface area contributed by atoms with E-state index in [-0.39, 0.29) is 22.0 Å². The van der Waals surface area contributed by atoms with Gasteiger partial charge in [-0.3, -0.25) is 4.79 Å². The summed E-state index contributed by atoms with van der Waals surface area (Å²) in [6.45, 7) is 5.99. The fraction of sp³-hybridized carbons (Fsp3) is 0.583. The third kappa shape index (κ3) is 2.88. The minimum atomic E-state index is -3.62. The lowest BCUT2D eigenvalue weighted by molar-refractivity contribution is -0.0440. The molecule has 1 aliphatic heterocycles. The second kappa shape index (κ2) is 5.44. The molecule has 1 aromatic heterocycles. The number of ether oxygens (including phenoxy) is 1. The Balaban J connectivity index is 2.37. The van der Waals surface area contributed by atoms with Crippen molar-refractivity contribution in [3.63, 3.8) is 0 Å². The molecule has 20 heavy (non-hydrogen) atoms. The van der Waals surface area contributed by atoms with Crippen LogP contribution in [0.25, 0.3) is 0 Å². The number of nitrogens with zero attached hydrogens (tertiary/aromatic N) is 1. The maximum absolute atomic E-state index is 12.7. The van der Waals surface area contributed by atoms with Gasteiger partial charge in [-0.2, -0.15) is 4.31 Å². The normalized spacial score (nSPS) is 24.8. The zero-order chi connectivity index (χ0) is 15.1. The predicted octanol–water partition coefficient (Wildman–Crippen LogP) is 0.953. The van der Waals surface area contributed by atoms with Crippen molar-refractivity contribution in [2.75, 3.05) is 13.1 Å². The number of hydrogen-bond donors (Lipinski definition) is 1. The Kier molecular flexibility index (Phi) is 4.19. The molecular weight excluding hydrogens is 300 g/mol. The van der Waals surface area contributed by atoms with Crippen LogP contribution in [0.15, 0.2) is 11.0 Å². The van der Waals surface area contributed by atoms with Crippen molar-refractivity contribution in [2.45, 2.75) is 37.9 Å². The molecule has 1 aromatic rings. The molecule has 0 aliphatic carbocycles. The van der Waals surface area contributed by atoms with Gasteiger partial charge in [0.15, 0.2) is 0 Å². The van der Waals surface area contributed by atoms with Gasteiger partial charge in [0, 0.05) is 18.0 Å². The van der Waals surface area contributed by atoms with Crippen molar-refractivity contribution in [3.8, 4) is 0 Å². The van der Waals surface area contributed by atoms with Gasteiger partial charge in [-0.05, 0) is 26.8 Å². The SMILES string of the molecule is Cc1sc(C(N)=O)cc1S(=O)(=O)N1C[C@@H](C)O[C@@H](C)C1. The molecule has 0 bridgehead atoms. The van der Waals surface area contributed by atoms with Crippen LogP contribution in [0.1, 0.15) is 28.4 Å². The summed E-state index contributed by atoms with van der Waals surface area (Å²) < 4.78 is 32.3. The fourth-order valence-corrected chi connectivity index (χ4v) is 5.31. The lowest BCUT2D eigenvalue weighted by Crippen LogP contribution is -2.48. The van der Waals surface area contributed by atoms with E-state index in [0.717, 1.165) is 11.3 Å². The summed E-state index contributed by atoms with van der Waals surface area (Å²) >= 11 is 1.10. The van der Waals surface area contributed by atoms with Crippen LogP contribution >= 0.6 is 11.3 Å². The molecule has 1 amide bonds. The maximum Gasteiger partial charge on any atom is 0.258 e. The Morgan fingerprint density at radius 3 is 2.40 bits per heavy atom. The zero-order valence-electron chi connectivity index (χ0n) is 11.6. The van der Waals surface area contributed by atoms with E-state index in [9.17, 15) is 13.2 Å². The van der Waals surface area contributed by atoms with Crippen molar-refractivity contribution >= 4 is 27.3 Å². The summed E-state index contributed by atoms with van der Waals surface area (Å²) in [6, 6.07) is 1.36. The average Bonchev–Trinajstić information content (AvgIpc) is 2.71. The number of morpholine rings is 1. The number of sulfonamides is 1. The molecule has 0 saturated carbocycles. The van der Waals surface area contributed by atoms with E-state index >= 15 is 0 Å². The van der Waals surface area contributed by atoms with Crippen molar-refractivity contribution in [3.05, 3.63) is 15.8 Å². The van der Waals surface area contributed by atoms with E-state index < -0.39 is 15.9 Å². The highest BCUT2D eigenvalue weighted by Crippen LogP contribution is 2.29. The first-order valence-corrected chi connectivity index (χ1v) is 8.53. The number of amides is 1. The van der Waals surface area contributed by atoms with Crippen molar-refractivity contribution in [1.29, 1.82) is 0 Å². The van der Waals surface area contributed by atoms with Gasteiger partial charge >= 0.3 is 0 Å². The first-order valence-electron chi connectivity index (χ1n) is 6.27. The van der Waals surface area contributed by atoms with Crippen LogP contribution in [0.5, 0.6) is 0 Å². The quantitative estimate of drug-likeness (QED) is 0.898. The number of aryl methyl sites for hydroxylation is 1. The third-order valence-electron chi connectivity index (χ3n) is 3.12. The van der Waals surface area contributed by atoms with Crippen LogP contribution in [0.4, 0.5) is 0 Å². The standard InChI is InChI=1S/C12H18N2O4S2/c1-7-5-14(6-8(2)18-7)20(16,17)11-4-10(12(13)15)19-9(11)3/h4,7-8H,5-6H2,1-3H3,(H2,13,15)/t7-,8+. The van der Waals surface area contributed by atoms with Gasteiger partial charge < -0.3 is 10.5 Å². The van der Waals surface area contributed by atoms with E-state index in [4.69, 9.17) is 10.5 Å². The molecule has 2 heterocycles. The molecule has 0 radical (unpaired) electrons. The Labute approximate surface area is 122 Å². The van der Waals surface area contributed by atoms with Crippen LogP contribution in [-0.4, -0.2) is 43.9 Å². The summed E-state index contributed by atoms with van der Waals surface area (Å²) in [5.74, 6) is -0.608. The fourth-order valence-electron chi connectivity index (χ4n) is 2.31. The molecule has 1 fully saturated rings. The summed E-state index contributed by atoms with van der Waals surface area (Å²) in [5.41, 5.74) is 5.20. The lowest BCUT2D eigenvalue weighted by atomic mass is 10.3. The van der Waals surface area contributed by atoms with Gasteiger partial charge in [-0.1, -0.05) is 0 Å². The molecule has 2 N–H and O–H groups in total. The first kappa shape index (κ1) is 15.4. The predicted molar refractivity (Wildman–Crippen MR) is 76.3 cm³/mol. The van der Waals surface area contributed by atoms with E-state index in [1.54, 1.807) is 6.92 Å². The minimum absolute atomic E-state index is 0.150. The number of nitrogens with two attached hydrogens (primary N) is 1. The summed E-state index contributed by atoms with van der Waals surface area (Å²) in [5, 5.41) is 0. The van der Waals surface area contributed by atoms with Crippen molar-refractivity contribution in [1.82, 2.24) is 4.31 Å². The number of rotatable bonds is 3. The first-order chi connectivity index (χ1) is 9.21. The molecule has 6 nitrogen and oxygen atoms in total. The molecule has 8 heteroatoms. The van der Waals surface area contributed by atoms with Crippen LogP contribution in [0, 0.1) is 6.92 Å². The summed E-state index contributed by atoms with van der Waals surface area (Å²) in [6.07, 6.45) is -0.300. The summed E-state index contributed by atoms with van der Waals surface area (Å²) in [4.78, 5) is 12.2. The molecule has 2 atom stereocenters. The summed E-state index contributed by atoms with van der Waals surface area (Å²) in [7, 11) is -3.62. The third-order valence-corrected chi connectivity index (χ3v) is 6.27. The Morgan fingerprint density at radius 2 is 1.95 bits per heavy atom. The Bertz CT molecular complexity index is 613. The monoisotopic (exact) mass is 318 g/mol. The molecule has 1 aliphatic rings. The van der Waals surface area contributed by atoms with E-state index in [0.29, 0.717) is 18.0 Å². The Morgan fingerprint density at radius 1 is 1.40 bits per heavy atom. The molecule has 0 spiro atoms. The highest BCUT2D eigenvalue weighted by Gasteiger charge is 2.34. The highest BCUT2D eigenvalue weighted by molar-refractivity contribution is 7.89. The van der Waals surface area contributed by atoms with Gasteiger partial charge in [0.05, 0.1) is 22.0 Å². The number of primary amides is 1. The largest absolute Gasteiger partial charge is 0.373 e. The van der Waals surface area contributed by atoms with Gasteiger partial charge in [-0.25, -0.2) is 8.42 Å². The molecular formula is C12H18N2O4S2. The van der Waals surface area contributed by atoms with Crippen LogP contribution < -0.4 is 5.73 Å². The van der Waals surface area contributed by atoms with Crippen LogP contribution in [0.3, 0.4) is 0 Å². The molecule has 112 valence electrons. The van der Waals surface area contributed by atoms with E-state index in [2.05, 4.69) is 0 Å². The van der Waals surface area contributed by atoms with Gasteiger partial charge in [0.1, 0.15) is 0 Å². The second-order valence-corrected chi connectivity index (χ2v) is 8.14. The van der Waals surface area contributed by atoms with Crippen LogP contribution in [0.2, 0.25) is 0 Å². The molecule has 0 unspecified atom stereocenters. The van der Waals surface area contributed by atoms with Gasteiger partial charge in [0.25, 0.3) is 5.91 Å². The number of thiophene rings is 1. The van der Waals surface area contributed by atoms with Gasteiger partial charge in [0.2, 0.25) is 10.0 Å². The van der Waals surface area contributed by atoms with Gasteiger partial charge in [-0.15, -0.1) is 11.3 Å². The second-order valence-electron chi connectivity index (χ2n) is 4.97. The minimum Gasteiger partial charge on any atom is -0.373 e. The number of carbonyl (C=O) groups is 1. The average molecular weight is 318 g/mol. The Hall–Kier alpha value is -0.960. The molecule has 1 saturated heterocycles. The van der Waals surface area contributed by atoms with E-state index in [1.807, 2.05) is 13.8 Å². The maximum atomic E-state index is 12.7. The topological polar surface area (TPSA) is 89.7 Å². The smallest absolute Gasteiger partial charge is 0.258 e.